The fourth-order valence-corrected chi connectivity index (χ4v) is 1.93. The summed E-state index contributed by atoms with van der Waals surface area (Å²) < 4.78 is 10.1. The van der Waals surface area contributed by atoms with E-state index in [2.05, 4.69) is 9.97 Å². The third-order valence-electron chi connectivity index (χ3n) is 3.01. The van der Waals surface area contributed by atoms with Gasteiger partial charge in [0.25, 0.3) is 0 Å². The summed E-state index contributed by atoms with van der Waals surface area (Å²) in [5, 5.41) is 10.2. The number of ether oxygens (including phenoxy) is 2. The van der Waals surface area contributed by atoms with E-state index >= 15 is 0 Å². The molecule has 1 atom stereocenters. The molecule has 0 saturated heterocycles. The Labute approximate surface area is 118 Å². The van der Waals surface area contributed by atoms with Crippen molar-refractivity contribution >= 4 is 0 Å². The summed E-state index contributed by atoms with van der Waals surface area (Å²) in [6.45, 7) is 0. The molecule has 20 heavy (non-hydrogen) atoms. The average Bonchev–Trinajstić information content (AvgIpc) is 2.52. The minimum Gasteiger partial charge on any atom is -0.480 e. The van der Waals surface area contributed by atoms with Crippen molar-refractivity contribution < 1.29 is 14.6 Å². The second kappa shape index (κ2) is 6.86. The SMILES string of the molecule is COc1cnc(C(O)CCc2ccccc2)c(OC)n1. The molecule has 0 spiro atoms. The van der Waals surface area contributed by atoms with Crippen LogP contribution in [0.25, 0.3) is 0 Å². The van der Waals surface area contributed by atoms with Crippen molar-refractivity contribution in [2.24, 2.45) is 0 Å². The van der Waals surface area contributed by atoms with Crippen LogP contribution in [0, 0.1) is 0 Å². The van der Waals surface area contributed by atoms with Crippen molar-refractivity contribution in [1.82, 2.24) is 9.97 Å². The van der Waals surface area contributed by atoms with Crippen LogP contribution in [-0.4, -0.2) is 29.3 Å². The Morgan fingerprint density at radius 2 is 1.90 bits per heavy atom. The molecule has 5 heteroatoms. The van der Waals surface area contributed by atoms with Crippen LogP contribution in [0.2, 0.25) is 0 Å². The maximum atomic E-state index is 10.2. The van der Waals surface area contributed by atoms with E-state index in [9.17, 15) is 5.11 Å². The Morgan fingerprint density at radius 3 is 2.55 bits per heavy atom. The first-order chi connectivity index (χ1) is 9.74. The number of benzene rings is 1. The summed E-state index contributed by atoms with van der Waals surface area (Å²) in [5.41, 5.74) is 1.61. The van der Waals surface area contributed by atoms with Crippen LogP contribution >= 0.6 is 0 Å². The second-order valence-corrected chi connectivity index (χ2v) is 4.35. The molecule has 106 valence electrons. The van der Waals surface area contributed by atoms with E-state index < -0.39 is 6.10 Å². The minimum absolute atomic E-state index is 0.296. The smallest absolute Gasteiger partial charge is 0.241 e. The van der Waals surface area contributed by atoms with Gasteiger partial charge in [-0.15, -0.1) is 0 Å². The summed E-state index contributed by atoms with van der Waals surface area (Å²) in [7, 11) is 3.01. The molecule has 5 nitrogen and oxygen atoms in total. The summed E-state index contributed by atoms with van der Waals surface area (Å²) in [6, 6.07) is 10.00. The number of aliphatic hydroxyl groups excluding tert-OH is 1. The molecule has 0 amide bonds. The van der Waals surface area contributed by atoms with Crippen LogP contribution in [0.15, 0.2) is 36.5 Å². The third-order valence-corrected chi connectivity index (χ3v) is 3.01. The molecule has 0 saturated carbocycles. The predicted octanol–water partition coefficient (Wildman–Crippen LogP) is 2.16. The van der Waals surface area contributed by atoms with Crippen molar-refractivity contribution in [2.45, 2.75) is 18.9 Å². The number of nitrogens with zero attached hydrogens (tertiary/aromatic N) is 2. The Balaban J connectivity index is 2.07. The molecule has 0 aliphatic heterocycles. The molecule has 1 N–H and O–H groups in total. The zero-order valence-electron chi connectivity index (χ0n) is 11.6. The highest BCUT2D eigenvalue weighted by molar-refractivity contribution is 5.25. The average molecular weight is 274 g/mol. The predicted molar refractivity (Wildman–Crippen MR) is 74.9 cm³/mol. The maximum absolute atomic E-state index is 10.2. The van der Waals surface area contributed by atoms with Gasteiger partial charge in [0.15, 0.2) is 0 Å². The van der Waals surface area contributed by atoms with E-state index in [0.29, 0.717) is 23.9 Å². The molecule has 0 radical (unpaired) electrons. The van der Waals surface area contributed by atoms with Crippen LogP contribution in [0.5, 0.6) is 11.8 Å². The molecule has 2 rings (SSSR count). The Kier molecular flexibility index (Phi) is 4.90. The van der Waals surface area contributed by atoms with Gasteiger partial charge in [0.2, 0.25) is 11.8 Å². The first-order valence-electron chi connectivity index (χ1n) is 6.41. The summed E-state index contributed by atoms with van der Waals surface area (Å²) in [4.78, 5) is 8.29. The molecule has 1 aromatic heterocycles. The molecule has 0 bridgehead atoms. The lowest BCUT2D eigenvalue weighted by Gasteiger charge is -2.13. The van der Waals surface area contributed by atoms with Gasteiger partial charge in [-0.3, -0.25) is 0 Å². The molecule has 1 heterocycles. The second-order valence-electron chi connectivity index (χ2n) is 4.35. The number of aliphatic hydroxyl groups is 1. The number of hydrogen-bond donors (Lipinski definition) is 1. The van der Waals surface area contributed by atoms with Crippen molar-refractivity contribution in [3.8, 4) is 11.8 Å². The number of aromatic nitrogens is 2. The zero-order chi connectivity index (χ0) is 14.4. The fourth-order valence-electron chi connectivity index (χ4n) is 1.93. The van der Waals surface area contributed by atoms with E-state index in [0.717, 1.165) is 6.42 Å². The van der Waals surface area contributed by atoms with Gasteiger partial charge in [0, 0.05) is 0 Å². The quantitative estimate of drug-likeness (QED) is 0.874. The van der Waals surface area contributed by atoms with E-state index in [4.69, 9.17) is 9.47 Å². The summed E-state index contributed by atoms with van der Waals surface area (Å²) in [6.07, 6.45) is 2.08. The van der Waals surface area contributed by atoms with Gasteiger partial charge in [0.1, 0.15) is 11.8 Å². The lowest BCUT2D eigenvalue weighted by atomic mass is 10.1. The van der Waals surface area contributed by atoms with Crippen molar-refractivity contribution in [1.29, 1.82) is 0 Å². The van der Waals surface area contributed by atoms with Crippen LogP contribution < -0.4 is 9.47 Å². The number of aryl methyl sites for hydroxylation is 1. The maximum Gasteiger partial charge on any atom is 0.241 e. The lowest BCUT2D eigenvalue weighted by molar-refractivity contribution is 0.157. The Bertz CT molecular complexity index is 546. The van der Waals surface area contributed by atoms with Gasteiger partial charge in [-0.1, -0.05) is 30.3 Å². The van der Waals surface area contributed by atoms with Crippen molar-refractivity contribution in [3.63, 3.8) is 0 Å². The Morgan fingerprint density at radius 1 is 1.15 bits per heavy atom. The van der Waals surface area contributed by atoms with Gasteiger partial charge in [-0.05, 0) is 18.4 Å². The molecule has 1 aromatic carbocycles. The Hall–Kier alpha value is -2.14. The summed E-state index contributed by atoms with van der Waals surface area (Å²) in [5.74, 6) is 0.658. The molecular weight excluding hydrogens is 256 g/mol. The largest absolute Gasteiger partial charge is 0.480 e. The van der Waals surface area contributed by atoms with Gasteiger partial charge in [-0.25, -0.2) is 4.98 Å². The van der Waals surface area contributed by atoms with Crippen LogP contribution in [0.1, 0.15) is 23.8 Å². The zero-order valence-corrected chi connectivity index (χ0v) is 11.6. The monoisotopic (exact) mass is 274 g/mol. The number of hydrogen-bond acceptors (Lipinski definition) is 5. The number of methoxy groups -OCH3 is 2. The third kappa shape index (κ3) is 3.45. The molecular formula is C15H18N2O3. The van der Waals surface area contributed by atoms with Crippen LogP contribution in [0.4, 0.5) is 0 Å². The van der Waals surface area contributed by atoms with E-state index in [1.807, 2.05) is 30.3 Å². The molecule has 1 unspecified atom stereocenters. The molecule has 0 aliphatic rings. The highest BCUT2D eigenvalue weighted by Gasteiger charge is 2.17. The topological polar surface area (TPSA) is 64.5 Å². The van der Waals surface area contributed by atoms with Gasteiger partial charge in [-0.2, -0.15) is 4.98 Å². The molecule has 0 fully saturated rings. The minimum atomic E-state index is -0.719. The standard InChI is InChI=1S/C15H18N2O3/c1-19-13-10-16-14(15(17-13)20-2)12(18)9-8-11-6-4-3-5-7-11/h3-7,10,12,18H,8-9H2,1-2H3. The van der Waals surface area contributed by atoms with Gasteiger partial charge >= 0.3 is 0 Å². The fraction of sp³-hybridized carbons (Fsp3) is 0.333. The molecule has 0 aliphatic carbocycles. The van der Waals surface area contributed by atoms with E-state index in [-0.39, 0.29) is 0 Å². The first kappa shape index (κ1) is 14.3. The first-order valence-corrected chi connectivity index (χ1v) is 6.41. The van der Waals surface area contributed by atoms with Gasteiger partial charge < -0.3 is 14.6 Å². The summed E-state index contributed by atoms with van der Waals surface area (Å²) >= 11 is 0. The highest BCUT2D eigenvalue weighted by atomic mass is 16.5. The normalized spacial score (nSPS) is 11.9. The number of rotatable bonds is 6. The van der Waals surface area contributed by atoms with Crippen LogP contribution in [0.3, 0.4) is 0 Å². The van der Waals surface area contributed by atoms with Crippen molar-refractivity contribution in [3.05, 3.63) is 47.8 Å². The lowest BCUT2D eigenvalue weighted by Crippen LogP contribution is -2.07. The molecule has 2 aromatic rings. The van der Waals surface area contributed by atoms with Gasteiger partial charge in [0.05, 0.1) is 20.4 Å². The van der Waals surface area contributed by atoms with Crippen LogP contribution in [-0.2, 0) is 6.42 Å². The van der Waals surface area contributed by atoms with E-state index in [1.54, 1.807) is 0 Å². The van der Waals surface area contributed by atoms with Crippen molar-refractivity contribution in [2.75, 3.05) is 14.2 Å². The highest BCUT2D eigenvalue weighted by Crippen LogP contribution is 2.26. The van der Waals surface area contributed by atoms with E-state index in [1.165, 1.54) is 26.0 Å².